The fourth-order valence-electron chi connectivity index (χ4n) is 4.45. The van der Waals surface area contributed by atoms with Crippen molar-refractivity contribution < 1.29 is 32.6 Å². The lowest BCUT2D eigenvalue weighted by molar-refractivity contribution is -0.143. The van der Waals surface area contributed by atoms with Crippen molar-refractivity contribution in [3.63, 3.8) is 0 Å². The van der Waals surface area contributed by atoms with Gasteiger partial charge in [-0.2, -0.15) is 8.78 Å². The lowest BCUT2D eigenvalue weighted by Gasteiger charge is -2.41. The normalized spacial score (nSPS) is 17.9. The number of hydrogen-bond acceptors (Lipinski definition) is 5. The number of halogens is 2. The summed E-state index contributed by atoms with van der Waals surface area (Å²) in [5.41, 5.74) is 1.47. The fourth-order valence-corrected chi connectivity index (χ4v) is 4.45. The summed E-state index contributed by atoms with van der Waals surface area (Å²) in [7, 11) is 2.93. The Hall–Kier alpha value is -3.36. The molecule has 35 heavy (non-hydrogen) atoms. The Kier molecular flexibility index (Phi) is 9.28. The van der Waals surface area contributed by atoms with Crippen molar-refractivity contribution in [2.24, 2.45) is 5.92 Å². The van der Waals surface area contributed by atoms with Crippen LogP contribution in [-0.2, 0) is 16.1 Å². The number of nitrogens with zero attached hydrogens (tertiary/aromatic N) is 1. The average molecular weight is 491 g/mol. The minimum Gasteiger partial charge on any atom is -0.496 e. The van der Waals surface area contributed by atoms with Crippen LogP contribution in [0.5, 0.6) is 17.2 Å². The van der Waals surface area contributed by atoms with Gasteiger partial charge in [-0.1, -0.05) is 37.6 Å². The predicted molar refractivity (Wildman–Crippen MR) is 127 cm³/mol. The van der Waals surface area contributed by atoms with E-state index in [-0.39, 0.29) is 29.9 Å². The van der Waals surface area contributed by atoms with E-state index in [1.54, 1.807) is 24.1 Å². The van der Waals surface area contributed by atoms with Gasteiger partial charge in [0.2, 0.25) is 11.8 Å². The van der Waals surface area contributed by atoms with Gasteiger partial charge in [0.1, 0.15) is 5.75 Å². The summed E-state index contributed by atoms with van der Waals surface area (Å²) < 4.78 is 40.3. The van der Waals surface area contributed by atoms with Crippen LogP contribution in [0.1, 0.15) is 49.8 Å². The number of piperidine rings is 1. The van der Waals surface area contributed by atoms with Gasteiger partial charge in [-0.05, 0) is 36.6 Å². The first-order valence-electron chi connectivity index (χ1n) is 11.7. The second-order valence-corrected chi connectivity index (χ2v) is 8.35. The van der Waals surface area contributed by atoms with Gasteiger partial charge < -0.3 is 24.4 Å². The number of likely N-dealkylation sites (tertiary alicyclic amines) is 1. The molecule has 2 amide bonds. The van der Waals surface area contributed by atoms with Gasteiger partial charge in [0.25, 0.3) is 0 Å². The van der Waals surface area contributed by atoms with E-state index in [2.05, 4.69) is 17.0 Å². The molecule has 1 saturated heterocycles. The fraction of sp³-hybridized carbons (Fsp3) is 0.462. The topological polar surface area (TPSA) is 77.1 Å². The molecule has 7 nitrogen and oxygen atoms in total. The van der Waals surface area contributed by atoms with Gasteiger partial charge in [-0.3, -0.25) is 9.59 Å². The quantitative estimate of drug-likeness (QED) is 0.494. The second kappa shape index (κ2) is 12.4. The zero-order valence-electron chi connectivity index (χ0n) is 20.3. The van der Waals surface area contributed by atoms with E-state index in [0.717, 1.165) is 18.4 Å². The van der Waals surface area contributed by atoms with Crippen LogP contribution in [-0.4, -0.2) is 44.1 Å². The molecule has 190 valence electrons. The first-order chi connectivity index (χ1) is 16.9. The standard InChI is InChI=1S/C26H32F2N2O5/c1-4-5-14-30-23(31)13-11-19(24(30)18-8-6-7-9-20(18)33-2)25(32)29-16-17-10-12-21(35-26(27)28)22(15-17)34-3/h6-10,12,15,19,24,26H,4-5,11,13-14,16H2,1-3H3,(H,29,32). The maximum Gasteiger partial charge on any atom is 0.387 e. The van der Waals surface area contributed by atoms with E-state index >= 15 is 0 Å². The number of benzene rings is 2. The highest BCUT2D eigenvalue weighted by Gasteiger charge is 2.41. The molecule has 3 rings (SSSR count). The monoisotopic (exact) mass is 490 g/mol. The van der Waals surface area contributed by atoms with Gasteiger partial charge >= 0.3 is 6.61 Å². The van der Waals surface area contributed by atoms with Crippen molar-refractivity contribution in [1.82, 2.24) is 10.2 Å². The first-order valence-corrected chi connectivity index (χ1v) is 11.7. The number of rotatable bonds is 11. The van der Waals surface area contributed by atoms with Crippen LogP contribution in [0.25, 0.3) is 0 Å². The highest BCUT2D eigenvalue weighted by Crippen LogP contribution is 2.41. The number of unbranched alkanes of at least 4 members (excludes halogenated alkanes) is 1. The van der Waals surface area contributed by atoms with Gasteiger partial charge in [0.15, 0.2) is 11.5 Å². The molecule has 0 bridgehead atoms. The average Bonchev–Trinajstić information content (AvgIpc) is 2.86. The third-order valence-corrected chi connectivity index (χ3v) is 6.16. The minimum absolute atomic E-state index is 0.0257. The summed E-state index contributed by atoms with van der Waals surface area (Å²) in [6, 6.07) is 11.5. The molecule has 0 radical (unpaired) electrons. The lowest BCUT2D eigenvalue weighted by Crippen LogP contribution is -2.48. The number of ether oxygens (including phenoxy) is 3. The molecule has 1 aliphatic rings. The molecule has 1 N–H and O–H groups in total. The molecule has 2 aromatic rings. The lowest BCUT2D eigenvalue weighted by atomic mass is 9.83. The zero-order chi connectivity index (χ0) is 25.4. The van der Waals surface area contributed by atoms with Crippen molar-refractivity contribution in [2.45, 2.75) is 51.8 Å². The highest BCUT2D eigenvalue weighted by atomic mass is 19.3. The summed E-state index contributed by atoms with van der Waals surface area (Å²) in [6.45, 7) is -0.179. The third-order valence-electron chi connectivity index (χ3n) is 6.16. The Balaban J connectivity index is 1.83. The zero-order valence-corrected chi connectivity index (χ0v) is 20.3. The molecule has 1 heterocycles. The SMILES string of the molecule is CCCCN1C(=O)CCC(C(=O)NCc2ccc(OC(F)F)c(OC)c2)C1c1ccccc1OC. The number of carbonyl (C=O) groups is 2. The minimum atomic E-state index is -2.97. The molecule has 9 heteroatoms. The van der Waals surface area contributed by atoms with Crippen LogP contribution < -0.4 is 19.5 Å². The van der Waals surface area contributed by atoms with E-state index in [4.69, 9.17) is 9.47 Å². The predicted octanol–water partition coefficient (Wildman–Crippen LogP) is 4.70. The van der Waals surface area contributed by atoms with E-state index in [1.165, 1.54) is 13.2 Å². The number of para-hydroxylation sites is 1. The van der Waals surface area contributed by atoms with Crippen molar-refractivity contribution in [1.29, 1.82) is 0 Å². The van der Waals surface area contributed by atoms with Crippen LogP contribution in [0.3, 0.4) is 0 Å². The Morgan fingerprint density at radius 1 is 1.11 bits per heavy atom. The molecule has 2 unspecified atom stereocenters. The van der Waals surface area contributed by atoms with E-state index < -0.39 is 18.6 Å². The number of amides is 2. The molecular formula is C26H32F2N2O5. The molecule has 0 aliphatic carbocycles. The van der Waals surface area contributed by atoms with E-state index in [9.17, 15) is 18.4 Å². The molecule has 1 fully saturated rings. The van der Waals surface area contributed by atoms with Crippen LogP contribution in [0, 0.1) is 5.92 Å². The number of hydrogen-bond donors (Lipinski definition) is 1. The van der Waals surface area contributed by atoms with Crippen molar-refractivity contribution in [3.05, 3.63) is 53.6 Å². The third kappa shape index (κ3) is 6.41. The number of nitrogens with one attached hydrogen (secondary N) is 1. The van der Waals surface area contributed by atoms with Crippen molar-refractivity contribution in [3.8, 4) is 17.2 Å². The summed E-state index contributed by atoms with van der Waals surface area (Å²) in [5, 5.41) is 2.95. The molecule has 0 aromatic heterocycles. The van der Waals surface area contributed by atoms with Gasteiger partial charge in [-0.25, -0.2) is 0 Å². The van der Waals surface area contributed by atoms with E-state index in [0.29, 0.717) is 30.7 Å². The molecule has 0 saturated carbocycles. The van der Waals surface area contributed by atoms with Crippen molar-refractivity contribution >= 4 is 11.8 Å². The van der Waals surface area contributed by atoms with E-state index in [1.807, 2.05) is 24.3 Å². The second-order valence-electron chi connectivity index (χ2n) is 8.35. The maximum absolute atomic E-state index is 13.4. The smallest absolute Gasteiger partial charge is 0.387 e. The van der Waals surface area contributed by atoms with Gasteiger partial charge in [0.05, 0.1) is 26.2 Å². The Morgan fingerprint density at radius 3 is 2.54 bits per heavy atom. The first kappa shape index (κ1) is 26.2. The number of alkyl halides is 2. The van der Waals surface area contributed by atoms with Crippen LogP contribution in [0.15, 0.2) is 42.5 Å². The van der Waals surface area contributed by atoms with Crippen LogP contribution >= 0.6 is 0 Å². The maximum atomic E-state index is 13.4. The van der Waals surface area contributed by atoms with Gasteiger partial charge in [-0.15, -0.1) is 0 Å². The molecular weight excluding hydrogens is 458 g/mol. The number of carbonyl (C=O) groups excluding carboxylic acids is 2. The largest absolute Gasteiger partial charge is 0.496 e. The summed E-state index contributed by atoms with van der Waals surface area (Å²) in [5.74, 6) is 0.0682. The molecule has 0 spiro atoms. The number of methoxy groups -OCH3 is 2. The molecule has 2 aromatic carbocycles. The molecule has 1 aliphatic heterocycles. The van der Waals surface area contributed by atoms with Crippen LogP contribution in [0.2, 0.25) is 0 Å². The van der Waals surface area contributed by atoms with Crippen LogP contribution in [0.4, 0.5) is 8.78 Å². The summed E-state index contributed by atoms with van der Waals surface area (Å²) >= 11 is 0. The highest BCUT2D eigenvalue weighted by molar-refractivity contribution is 5.85. The van der Waals surface area contributed by atoms with Gasteiger partial charge in [0, 0.05) is 25.1 Å². The Morgan fingerprint density at radius 2 is 1.86 bits per heavy atom. The molecule has 2 atom stereocenters. The van der Waals surface area contributed by atoms with Crippen molar-refractivity contribution in [2.75, 3.05) is 20.8 Å². The summed E-state index contributed by atoms with van der Waals surface area (Å²) in [6.07, 6.45) is 2.46. The summed E-state index contributed by atoms with van der Waals surface area (Å²) in [4.78, 5) is 28.1. The Bertz CT molecular complexity index is 1020. The Labute approximate surface area is 204 Å².